The molecule has 0 aliphatic carbocycles. The molecule has 3 aromatic rings. The van der Waals surface area contributed by atoms with E-state index < -0.39 is 10.0 Å². The van der Waals surface area contributed by atoms with E-state index in [-0.39, 0.29) is 10.8 Å². The molecule has 3 N–H and O–H groups in total. The minimum Gasteiger partial charge on any atom is -0.355 e. The number of nitrogens with zero attached hydrogens (tertiary/aromatic N) is 1. The molecule has 0 fully saturated rings. The van der Waals surface area contributed by atoms with Gasteiger partial charge in [-0.25, -0.2) is 13.4 Å². The summed E-state index contributed by atoms with van der Waals surface area (Å²) in [5.41, 5.74) is 1.17. The highest BCUT2D eigenvalue weighted by Crippen LogP contribution is 2.23. The van der Waals surface area contributed by atoms with Gasteiger partial charge in [-0.3, -0.25) is 9.52 Å². The van der Waals surface area contributed by atoms with Crippen molar-refractivity contribution in [2.45, 2.75) is 4.90 Å². The Morgan fingerprint density at radius 1 is 1.22 bits per heavy atom. The number of hydrogen-bond acceptors (Lipinski definition) is 4. The van der Waals surface area contributed by atoms with Gasteiger partial charge in [0, 0.05) is 36.1 Å². The second-order valence-corrected chi connectivity index (χ2v) is 6.47. The number of fused-ring (bicyclic) bond motifs is 1. The van der Waals surface area contributed by atoms with Gasteiger partial charge in [0.1, 0.15) is 10.5 Å². The van der Waals surface area contributed by atoms with Crippen LogP contribution in [0, 0.1) is 0 Å². The van der Waals surface area contributed by atoms with E-state index in [4.69, 9.17) is 0 Å². The number of pyridine rings is 1. The Kier molecular flexibility index (Phi) is 3.75. The summed E-state index contributed by atoms with van der Waals surface area (Å²) in [6, 6.07) is 9.61. The number of anilines is 1. The zero-order valence-corrected chi connectivity index (χ0v) is 13.0. The lowest BCUT2D eigenvalue weighted by atomic mass is 10.2. The molecule has 0 saturated heterocycles. The van der Waals surface area contributed by atoms with Gasteiger partial charge in [0.05, 0.1) is 0 Å². The van der Waals surface area contributed by atoms with Crippen LogP contribution in [-0.4, -0.2) is 31.3 Å². The van der Waals surface area contributed by atoms with Gasteiger partial charge < -0.3 is 10.3 Å². The molecule has 0 aliphatic rings. The molecule has 0 unspecified atom stereocenters. The lowest BCUT2D eigenvalue weighted by Gasteiger charge is -2.08. The minimum atomic E-state index is -3.80. The topological polar surface area (TPSA) is 104 Å². The lowest BCUT2D eigenvalue weighted by Crippen LogP contribution is -2.18. The third-order valence-corrected chi connectivity index (χ3v) is 4.73. The first-order valence-electron chi connectivity index (χ1n) is 6.78. The van der Waals surface area contributed by atoms with Crippen molar-refractivity contribution < 1.29 is 13.2 Å². The Morgan fingerprint density at radius 2 is 2.04 bits per heavy atom. The van der Waals surface area contributed by atoms with Crippen LogP contribution >= 0.6 is 0 Å². The van der Waals surface area contributed by atoms with Crippen molar-refractivity contribution in [1.82, 2.24) is 15.3 Å². The van der Waals surface area contributed by atoms with Crippen molar-refractivity contribution in [3.8, 4) is 0 Å². The van der Waals surface area contributed by atoms with Crippen molar-refractivity contribution in [2.75, 3.05) is 11.8 Å². The van der Waals surface area contributed by atoms with Gasteiger partial charge in [0.2, 0.25) is 0 Å². The lowest BCUT2D eigenvalue weighted by molar-refractivity contribution is 0.0963. The molecule has 1 aromatic carbocycles. The van der Waals surface area contributed by atoms with E-state index >= 15 is 0 Å². The summed E-state index contributed by atoms with van der Waals surface area (Å²) in [5.74, 6) is -0.289. The van der Waals surface area contributed by atoms with E-state index in [2.05, 4.69) is 20.0 Å². The largest absolute Gasteiger partial charge is 0.355 e. The normalized spacial score (nSPS) is 11.3. The predicted molar refractivity (Wildman–Crippen MR) is 86.7 cm³/mol. The molecule has 3 rings (SSSR count). The smallest absolute Gasteiger partial charge is 0.264 e. The maximum Gasteiger partial charge on any atom is 0.264 e. The zero-order chi connectivity index (χ0) is 16.4. The van der Waals surface area contributed by atoms with Crippen molar-refractivity contribution in [3.63, 3.8) is 0 Å². The van der Waals surface area contributed by atoms with Crippen LogP contribution in [0.25, 0.3) is 11.0 Å². The van der Waals surface area contributed by atoms with E-state index in [1.54, 1.807) is 36.5 Å². The Labute approximate surface area is 132 Å². The highest BCUT2D eigenvalue weighted by atomic mass is 32.2. The van der Waals surface area contributed by atoms with Crippen LogP contribution in [0.1, 0.15) is 10.4 Å². The van der Waals surface area contributed by atoms with E-state index in [9.17, 15) is 13.2 Å². The molecule has 0 aliphatic heterocycles. The number of amides is 1. The van der Waals surface area contributed by atoms with E-state index in [0.717, 1.165) is 0 Å². The monoisotopic (exact) mass is 330 g/mol. The first-order chi connectivity index (χ1) is 11.0. The molecule has 23 heavy (non-hydrogen) atoms. The fraction of sp³-hybridized carbons (Fsp3) is 0.0667. The Balaban J connectivity index is 1.97. The molecular weight excluding hydrogens is 316 g/mol. The summed E-state index contributed by atoms with van der Waals surface area (Å²) in [4.78, 5) is 18.6. The average Bonchev–Trinajstić information content (AvgIpc) is 2.99. The Morgan fingerprint density at radius 3 is 2.83 bits per heavy atom. The van der Waals surface area contributed by atoms with Gasteiger partial charge in [0.25, 0.3) is 15.9 Å². The first-order valence-corrected chi connectivity index (χ1v) is 8.26. The number of carbonyl (C=O) groups is 1. The fourth-order valence-electron chi connectivity index (χ4n) is 2.23. The highest BCUT2D eigenvalue weighted by Gasteiger charge is 2.19. The Hall–Kier alpha value is -2.87. The van der Waals surface area contributed by atoms with Crippen LogP contribution in [0.3, 0.4) is 0 Å². The van der Waals surface area contributed by atoms with E-state index in [0.29, 0.717) is 22.3 Å². The summed E-state index contributed by atoms with van der Waals surface area (Å²) >= 11 is 0. The molecule has 2 heterocycles. The van der Waals surface area contributed by atoms with Gasteiger partial charge in [-0.15, -0.1) is 0 Å². The maximum absolute atomic E-state index is 12.6. The average molecular weight is 330 g/mol. The number of sulfonamides is 1. The quantitative estimate of drug-likeness (QED) is 0.677. The fourth-order valence-corrected chi connectivity index (χ4v) is 3.45. The standard InChI is InChI=1S/C15H14N4O3S/c1-16-15(20)10-4-2-5-11(8-10)19-23(21,22)13-9-18-14-12(13)6-3-7-17-14/h2-9,19H,1H3,(H,16,20)(H,17,18). The van der Waals surface area contributed by atoms with Gasteiger partial charge >= 0.3 is 0 Å². The van der Waals surface area contributed by atoms with Gasteiger partial charge in [0.15, 0.2) is 0 Å². The van der Waals surface area contributed by atoms with E-state index in [1.807, 2.05) is 0 Å². The van der Waals surface area contributed by atoms with Gasteiger partial charge in [-0.1, -0.05) is 6.07 Å². The van der Waals surface area contributed by atoms with Crippen molar-refractivity contribution in [3.05, 3.63) is 54.4 Å². The number of hydrogen-bond donors (Lipinski definition) is 3. The molecule has 8 heteroatoms. The van der Waals surface area contributed by atoms with Crippen molar-refractivity contribution in [2.24, 2.45) is 0 Å². The number of nitrogens with one attached hydrogen (secondary N) is 3. The molecule has 0 spiro atoms. The molecule has 7 nitrogen and oxygen atoms in total. The van der Waals surface area contributed by atoms with E-state index in [1.165, 1.54) is 19.3 Å². The first kappa shape index (κ1) is 15.0. The summed E-state index contributed by atoms with van der Waals surface area (Å²) in [6.45, 7) is 0. The van der Waals surface area contributed by atoms with Gasteiger partial charge in [-0.2, -0.15) is 0 Å². The van der Waals surface area contributed by atoms with Crippen LogP contribution in [0.5, 0.6) is 0 Å². The zero-order valence-electron chi connectivity index (χ0n) is 12.2. The van der Waals surface area contributed by atoms with Gasteiger partial charge in [-0.05, 0) is 30.3 Å². The molecule has 2 aromatic heterocycles. The van der Waals surface area contributed by atoms with Crippen LogP contribution in [0.2, 0.25) is 0 Å². The second kappa shape index (κ2) is 5.73. The van der Waals surface area contributed by atoms with Crippen LogP contribution < -0.4 is 10.0 Å². The second-order valence-electron chi connectivity index (χ2n) is 4.82. The minimum absolute atomic E-state index is 0.103. The van der Waals surface area contributed by atoms with Crippen molar-refractivity contribution in [1.29, 1.82) is 0 Å². The molecule has 118 valence electrons. The van der Waals surface area contributed by atoms with Crippen LogP contribution in [-0.2, 0) is 10.0 Å². The molecular formula is C15H14N4O3S. The summed E-state index contributed by atoms with van der Waals surface area (Å²) < 4.78 is 27.6. The number of H-pyrrole nitrogens is 1. The molecule has 0 bridgehead atoms. The highest BCUT2D eigenvalue weighted by molar-refractivity contribution is 7.93. The number of aromatic nitrogens is 2. The number of aromatic amines is 1. The number of carbonyl (C=O) groups excluding carboxylic acids is 1. The molecule has 0 radical (unpaired) electrons. The summed E-state index contributed by atoms with van der Waals surface area (Å²) in [6.07, 6.45) is 2.97. The SMILES string of the molecule is CNC(=O)c1cccc(NS(=O)(=O)c2c[nH]c3ncccc23)c1. The third kappa shape index (κ3) is 2.88. The maximum atomic E-state index is 12.6. The third-order valence-electron chi connectivity index (χ3n) is 3.31. The molecule has 0 atom stereocenters. The number of rotatable bonds is 4. The molecule has 0 saturated carbocycles. The molecule has 1 amide bonds. The number of benzene rings is 1. The predicted octanol–water partition coefficient (Wildman–Crippen LogP) is 1.72. The summed E-state index contributed by atoms with van der Waals surface area (Å²) in [5, 5.41) is 3.00. The van der Waals surface area contributed by atoms with Crippen LogP contribution in [0.15, 0.2) is 53.7 Å². The Bertz CT molecular complexity index is 979. The van der Waals surface area contributed by atoms with Crippen molar-refractivity contribution >= 4 is 32.7 Å². The van der Waals surface area contributed by atoms with Crippen LogP contribution in [0.4, 0.5) is 5.69 Å². The summed E-state index contributed by atoms with van der Waals surface area (Å²) in [7, 11) is -2.29.